The predicted octanol–water partition coefficient (Wildman–Crippen LogP) is 4.42. The fraction of sp³-hybridized carbons (Fsp3) is 0.0952. The molecule has 1 aromatic heterocycles. The zero-order chi connectivity index (χ0) is 21.6. The van der Waals surface area contributed by atoms with Crippen molar-refractivity contribution >= 4 is 38.0 Å². The molecule has 9 heteroatoms. The van der Waals surface area contributed by atoms with Crippen LogP contribution < -0.4 is 4.72 Å². The summed E-state index contributed by atoms with van der Waals surface area (Å²) in [5, 5.41) is 0. The molecule has 1 N–H and O–H groups in total. The highest BCUT2D eigenvalue weighted by molar-refractivity contribution is 9.10. The average Bonchev–Trinajstić information content (AvgIpc) is 3.24. The largest absolute Gasteiger partial charge is 0.468 e. The maximum absolute atomic E-state index is 13.1. The average molecular weight is 494 g/mol. The summed E-state index contributed by atoms with van der Waals surface area (Å²) in [4.78, 5) is 12.0. The molecule has 3 aromatic rings. The number of benzene rings is 2. The Labute approximate surface area is 181 Å². The number of hydrogen-bond acceptors (Lipinski definition) is 5. The number of sulfonamides is 1. The minimum atomic E-state index is -3.69. The van der Waals surface area contributed by atoms with Gasteiger partial charge in [0.15, 0.2) is 0 Å². The molecule has 0 aliphatic heterocycles. The minimum absolute atomic E-state index is 0.0114. The molecule has 0 radical (unpaired) electrons. The van der Waals surface area contributed by atoms with Gasteiger partial charge in [0.25, 0.3) is 0 Å². The summed E-state index contributed by atoms with van der Waals surface area (Å²) < 4.78 is 50.9. The molecular weight excluding hydrogens is 477 g/mol. The quantitative estimate of drug-likeness (QED) is 0.370. The molecule has 3 rings (SSSR count). The maximum Gasteiger partial charge on any atom is 0.331 e. The predicted molar refractivity (Wildman–Crippen MR) is 112 cm³/mol. The highest BCUT2D eigenvalue weighted by Gasteiger charge is 2.14. The van der Waals surface area contributed by atoms with Gasteiger partial charge in [-0.2, -0.15) is 0 Å². The van der Waals surface area contributed by atoms with E-state index in [4.69, 9.17) is 9.15 Å². The summed E-state index contributed by atoms with van der Waals surface area (Å²) in [5.41, 5.74) is 1.26. The Morgan fingerprint density at radius 2 is 1.93 bits per heavy atom. The lowest BCUT2D eigenvalue weighted by Crippen LogP contribution is -2.22. The van der Waals surface area contributed by atoms with Crippen molar-refractivity contribution in [3.63, 3.8) is 0 Å². The SMILES string of the molecule is O=C(/C=C/c1ccc(S(=O)(=O)NCc2ccco2)cc1)OCc1ccc(F)cc1Br. The van der Waals surface area contributed by atoms with Crippen LogP contribution in [0.25, 0.3) is 6.08 Å². The summed E-state index contributed by atoms with van der Waals surface area (Å²) >= 11 is 3.21. The number of halogens is 2. The van der Waals surface area contributed by atoms with Crippen LogP contribution in [-0.4, -0.2) is 14.4 Å². The van der Waals surface area contributed by atoms with Gasteiger partial charge in [-0.3, -0.25) is 0 Å². The topological polar surface area (TPSA) is 85.6 Å². The number of carbonyl (C=O) groups is 1. The monoisotopic (exact) mass is 493 g/mol. The van der Waals surface area contributed by atoms with E-state index in [9.17, 15) is 17.6 Å². The van der Waals surface area contributed by atoms with Crippen molar-refractivity contribution in [3.05, 3.63) is 94.1 Å². The van der Waals surface area contributed by atoms with Crippen LogP contribution in [0.1, 0.15) is 16.9 Å². The molecule has 30 heavy (non-hydrogen) atoms. The highest BCUT2D eigenvalue weighted by atomic mass is 79.9. The molecule has 0 unspecified atom stereocenters. The zero-order valence-corrected chi connectivity index (χ0v) is 18.0. The molecule has 0 fully saturated rings. The number of rotatable bonds is 8. The summed E-state index contributed by atoms with van der Waals surface area (Å²) in [6, 6.07) is 13.5. The number of hydrogen-bond donors (Lipinski definition) is 1. The Morgan fingerprint density at radius 3 is 2.60 bits per heavy atom. The molecular formula is C21H17BrFNO5S. The summed E-state index contributed by atoms with van der Waals surface area (Å²) in [7, 11) is -3.69. The van der Waals surface area contributed by atoms with Gasteiger partial charge in [-0.1, -0.05) is 34.1 Å². The van der Waals surface area contributed by atoms with E-state index >= 15 is 0 Å². The zero-order valence-electron chi connectivity index (χ0n) is 15.5. The molecule has 0 bridgehead atoms. The van der Waals surface area contributed by atoms with Crippen molar-refractivity contribution in [1.29, 1.82) is 0 Å². The third-order valence-electron chi connectivity index (χ3n) is 4.00. The number of ether oxygens (including phenoxy) is 1. The van der Waals surface area contributed by atoms with Gasteiger partial charge in [-0.15, -0.1) is 0 Å². The molecule has 0 spiro atoms. The molecule has 0 aliphatic rings. The Balaban J connectivity index is 1.55. The van der Waals surface area contributed by atoms with Crippen LogP contribution in [0, 0.1) is 5.82 Å². The van der Waals surface area contributed by atoms with Crippen molar-refractivity contribution in [2.45, 2.75) is 18.0 Å². The minimum Gasteiger partial charge on any atom is -0.468 e. The first-order valence-electron chi connectivity index (χ1n) is 8.74. The van der Waals surface area contributed by atoms with Gasteiger partial charge in [-0.05, 0) is 48.0 Å². The highest BCUT2D eigenvalue weighted by Crippen LogP contribution is 2.19. The molecule has 2 aromatic carbocycles. The van der Waals surface area contributed by atoms with Crippen LogP contribution in [0.4, 0.5) is 4.39 Å². The van der Waals surface area contributed by atoms with Crippen LogP contribution in [-0.2, 0) is 32.7 Å². The van der Waals surface area contributed by atoms with Crippen molar-refractivity contribution in [2.75, 3.05) is 0 Å². The molecule has 0 saturated carbocycles. The maximum atomic E-state index is 13.1. The van der Waals surface area contributed by atoms with E-state index in [1.807, 2.05) is 0 Å². The molecule has 0 amide bonds. The van der Waals surface area contributed by atoms with E-state index in [1.165, 1.54) is 48.7 Å². The molecule has 156 valence electrons. The standard InChI is InChI=1S/C21H17BrFNO5S/c22-20-12-17(23)7-6-16(20)14-29-21(25)10-5-15-3-8-19(9-4-15)30(26,27)24-13-18-2-1-11-28-18/h1-12,24H,13-14H2/b10-5+. The van der Waals surface area contributed by atoms with Gasteiger partial charge < -0.3 is 9.15 Å². The van der Waals surface area contributed by atoms with Gasteiger partial charge >= 0.3 is 5.97 Å². The molecule has 1 heterocycles. The van der Waals surface area contributed by atoms with Gasteiger partial charge in [0.2, 0.25) is 10.0 Å². The van der Waals surface area contributed by atoms with E-state index < -0.39 is 21.8 Å². The molecule has 0 aliphatic carbocycles. The number of esters is 1. The normalized spacial score (nSPS) is 11.7. The van der Waals surface area contributed by atoms with Crippen molar-refractivity contribution in [3.8, 4) is 0 Å². The third kappa shape index (κ3) is 6.12. The third-order valence-corrected chi connectivity index (χ3v) is 6.16. The van der Waals surface area contributed by atoms with Gasteiger partial charge in [-0.25, -0.2) is 22.3 Å². The van der Waals surface area contributed by atoms with E-state index in [0.29, 0.717) is 21.4 Å². The second-order valence-corrected chi connectivity index (χ2v) is 8.77. The van der Waals surface area contributed by atoms with Gasteiger partial charge in [0.05, 0.1) is 17.7 Å². The van der Waals surface area contributed by atoms with Gasteiger partial charge in [0.1, 0.15) is 18.2 Å². The van der Waals surface area contributed by atoms with Crippen LogP contribution >= 0.6 is 15.9 Å². The number of nitrogens with one attached hydrogen (secondary N) is 1. The van der Waals surface area contributed by atoms with Crippen LogP contribution in [0.2, 0.25) is 0 Å². The summed E-state index contributed by atoms with van der Waals surface area (Å²) in [6.45, 7) is 0.0373. The Bertz CT molecular complexity index is 1140. The van der Waals surface area contributed by atoms with Crippen molar-refractivity contribution < 1.29 is 26.8 Å². The second kappa shape index (κ2) is 9.84. The lowest BCUT2D eigenvalue weighted by atomic mass is 10.2. The summed E-state index contributed by atoms with van der Waals surface area (Å²) in [5.74, 6) is -0.467. The Hall–Kier alpha value is -2.75. The fourth-order valence-corrected chi connectivity index (χ4v) is 3.88. The van der Waals surface area contributed by atoms with Crippen molar-refractivity contribution in [2.24, 2.45) is 0 Å². The molecule has 0 saturated heterocycles. The van der Waals surface area contributed by atoms with E-state index in [-0.39, 0.29) is 18.0 Å². The van der Waals surface area contributed by atoms with Crippen LogP contribution in [0.5, 0.6) is 0 Å². The fourth-order valence-electron chi connectivity index (χ4n) is 2.42. The van der Waals surface area contributed by atoms with Crippen LogP contribution in [0.15, 0.2) is 80.7 Å². The Kier molecular flexibility index (Phi) is 7.20. The first-order valence-corrected chi connectivity index (χ1v) is 11.0. The lowest BCUT2D eigenvalue weighted by molar-refractivity contribution is -0.138. The second-order valence-electron chi connectivity index (χ2n) is 6.15. The van der Waals surface area contributed by atoms with Gasteiger partial charge in [0, 0.05) is 16.1 Å². The van der Waals surface area contributed by atoms with E-state index in [0.717, 1.165) is 0 Å². The molecule has 6 nitrogen and oxygen atoms in total. The van der Waals surface area contributed by atoms with E-state index in [2.05, 4.69) is 20.7 Å². The Morgan fingerprint density at radius 1 is 1.17 bits per heavy atom. The smallest absolute Gasteiger partial charge is 0.331 e. The number of carbonyl (C=O) groups excluding carboxylic acids is 1. The number of furan rings is 1. The van der Waals surface area contributed by atoms with E-state index in [1.54, 1.807) is 24.3 Å². The molecule has 0 atom stereocenters. The first-order chi connectivity index (χ1) is 14.3. The lowest BCUT2D eigenvalue weighted by Gasteiger charge is -2.06. The van der Waals surface area contributed by atoms with Crippen LogP contribution in [0.3, 0.4) is 0 Å². The van der Waals surface area contributed by atoms with Crippen molar-refractivity contribution in [1.82, 2.24) is 4.72 Å². The summed E-state index contributed by atoms with van der Waals surface area (Å²) in [6.07, 6.45) is 4.21. The first kappa shape index (κ1) is 21.9.